The van der Waals surface area contributed by atoms with Crippen LogP contribution in [-0.4, -0.2) is 48.6 Å². The van der Waals surface area contributed by atoms with Gasteiger partial charge in [0.25, 0.3) is 0 Å². The lowest BCUT2D eigenvalue weighted by Gasteiger charge is -2.41. The Labute approximate surface area is 189 Å². The molecular weight excluding hydrogens is 404 g/mol. The molecule has 4 rings (SSSR count). The van der Waals surface area contributed by atoms with Gasteiger partial charge in [0.2, 0.25) is 5.91 Å². The Morgan fingerprint density at radius 1 is 1.09 bits per heavy atom. The third-order valence-electron chi connectivity index (χ3n) is 6.28. The van der Waals surface area contributed by atoms with Crippen molar-refractivity contribution in [1.29, 1.82) is 0 Å². The molecule has 3 N–H and O–H groups in total. The van der Waals surface area contributed by atoms with Gasteiger partial charge in [0.15, 0.2) is 6.04 Å². The van der Waals surface area contributed by atoms with E-state index < -0.39 is 12.0 Å². The molecule has 2 fully saturated rings. The molecule has 1 aliphatic heterocycles. The molecule has 1 heterocycles. The number of rotatable bonds is 8. The highest BCUT2D eigenvalue weighted by Crippen LogP contribution is 2.30. The molecule has 2 aromatic carbocycles. The zero-order valence-corrected chi connectivity index (χ0v) is 18.5. The summed E-state index contributed by atoms with van der Waals surface area (Å²) in [6.45, 7) is 4.28. The highest BCUT2D eigenvalue weighted by atomic mass is 16.5. The van der Waals surface area contributed by atoms with E-state index in [9.17, 15) is 9.59 Å². The maximum Gasteiger partial charge on any atom is 0.333 e. The summed E-state index contributed by atoms with van der Waals surface area (Å²) in [7, 11) is 0. The molecule has 7 nitrogen and oxygen atoms in total. The Morgan fingerprint density at radius 3 is 2.50 bits per heavy atom. The van der Waals surface area contributed by atoms with Crippen LogP contribution in [-0.2, 0) is 20.9 Å². The van der Waals surface area contributed by atoms with Crippen molar-refractivity contribution in [2.24, 2.45) is 5.92 Å². The van der Waals surface area contributed by atoms with Crippen LogP contribution < -0.4 is 16.1 Å². The predicted octanol–water partition coefficient (Wildman–Crippen LogP) is 2.62. The lowest BCUT2D eigenvalue weighted by atomic mass is 9.84. The van der Waals surface area contributed by atoms with Crippen LogP contribution in [0, 0.1) is 12.8 Å². The number of hydrogen-bond donors (Lipinski definition) is 3. The number of nitrogens with zero attached hydrogens (tertiary/aromatic N) is 1. The minimum Gasteiger partial charge on any atom is -0.459 e. The average Bonchev–Trinajstić information content (AvgIpc) is 2.79. The minimum atomic E-state index is -0.792. The second kappa shape index (κ2) is 10.6. The van der Waals surface area contributed by atoms with Crippen LogP contribution in [0.1, 0.15) is 30.4 Å². The van der Waals surface area contributed by atoms with Crippen LogP contribution in [0.2, 0.25) is 0 Å². The number of piperazine rings is 1. The molecule has 32 heavy (non-hydrogen) atoms. The first-order chi connectivity index (χ1) is 15.6. The van der Waals surface area contributed by atoms with Gasteiger partial charge in [-0.05, 0) is 37.0 Å². The molecule has 1 amide bonds. The van der Waals surface area contributed by atoms with Crippen LogP contribution in [0.3, 0.4) is 0 Å². The molecule has 170 valence electrons. The molecular formula is C25H32N4O3. The highest BCUT2D eigenvalue weighted by Gasteiger charge is 2.42. The standard InChI is InChI=1S/C25H32N4O3/c1-18-8-5-6-13-21(18)28-29(24(30)20-11-7-12-20)23(22-16-26-14-15-27-22)25(31)32-17-19-9-3-2-4-10-19/h2-6,8-10,13,20,22-23,26-28H,7,11-12,14-17H2,1H3. The smallest absolute Gasteiger partial charge is 0.333 e. The van der Waals surface area contributed by atoms with Gasteiger partial charge in [0.05, 0.1) is 11.7 Å². The first-order valence-corrected chi connectivity index (χ1v) is 11.4. The fourth-order valence-electron chi connectivity index (χ4n) is 4.10. The third kappa shape index (κ3) is 5.29. The second-order valence-corrected chi connectivity index (χ2v) is 8.57. The van der Waals surface area contributed by atoms with E-state index in [4.69, 9.17) is 4.74 Å². The van der Waals surface area contributed by atoms with Crippen LogP contribution in [0.15, 0.2) is 54.6 Å². The van der Waals surface area contributed by atoms with Crippen molar-refractivity contribution in [2.45, 2.75) is 44.9 Å². The number of anilines is 1. The zero-order valence-electron chi connectivity index (χ0n) is 18.5. The van der Waals surface area contributed by atoms with Crippen molar-refractivity contribution in [2.75, 3.05) is 25.1 Å². The summed E-state index contributed by atoms with van der Waals surface area (Å²) < 4.78 is 5.73. The van der Waals surface area contributed by atoms with Gasteiger partial charge in [-0.1, -0.05) is 55.0 Å². The summed E-state index contributed by atoms with van der Waals surface area (Å²) in [6, 6.07) is 16.3. The molecule has 2 aliphatic rings. The number of carbonyl (C=O) groups is 2. The van der Waals surface area contributed by atoms with Crippen LogP contribution in [0.5, 0.6) is 0 Å². The number of carbonyl (C=O) groups excluding carboxylic acids is 2. The fraction of sp³-hybridized carbons (Fsp3) is 0.440. The van der Waals surface area contributed by atoms with Gasteiger partial charge in [-0.15, -0.1) is 0 Å². The number of esters is 1. The Morgan fingerprint density at radius 2 is 1.84 bits per heavy atom. The summed E-state index contributed by atoms with van der Waals surface area (Å²) >= 11 is 0. The number of para-hydroxylation sites is 1. The summed E-state index contributed by atoms with van der Waals surface area (Å²) in [6.07, 6.45) is 2.75. The van der Waals surface area contributed by atoms with E-state index in [1.54, 1.807) is 0 Å². The quantitative estimate of drug-likeness (QED) is 0.436. The fourth-order valence-corrected chi connectivity index (χ4v) is 4.10. The highest BCUT2D eigenvalue weighted by molar-refractivity contribution is 5.88. The van der Waals surface area contributed by atoms with Crippen molar-refractivity contribution < 1.29 is 14.3 Å². The molecule has 1 saturated carbocycles. The maximum absolute atomic E-state index is 13.5. The summed E-state index contributed by atoms with van der Waals surface area (Å²) in [5.41, 5.74) is 6.02. The summed E-state index contributed by atoms with van der Waals surface area (Å²) in [5.74, 6) is -0.523. The van der Waals surface area contributed by atoms with Crippen molar-refractivity contribution in [1.82, 2.24) is 15.6 Å². The normalized spacial score (nSPS) is 19.5. The van der Waals surface area contributed by atoms with Crippen molar-refractivity contribution in [3.8, 4) is 0 Å². The van der Waals surface area contributed by atoms with Crippen LogP contribution >= 0.6 is 0 Å². The van der Waals surface area contributed by atoms with Gasteiger partial charge in [0, 0.05) is 25.6 Å². The predicted molar refractivity (Wildman–Crippen MR) is 124 cm³/mol. The lowest BCUT2D eigenvalue weighted by molar-refractivity contribution is -0.159. The maximum atomic E-state index is 13.5. The Bertz CT molecular complexity index is 910. The number of hydrazine groups is 1. The first kappa shape index (κ1) is 22.3. The van der Waals surface area contributed by atoms with Gasteiger partial charge in [0.1, 0.15) is 6.61 Å². The third-order valence-corrected chi connectivity index (χ3v) is 6.28. The van der Waals surface area contributed by atoms with Gasteiger partial charge >= 0.3 is 5.97 Å². The number of nitrogens with one attached hydrogen (secondary N) is 3. The van der Waals surface area contributed by atoms with E-state index in [0.29, 0.717) is 6.54 Å². The van der Waals surface area contributed by atoms with E-state index >= 15 is 0 Å². The van der Waals surface area contributed by atoms with Crippen molar-refractivity contribution in [3.63, 3.8) is 0 Å². The van der Waals surface area contributed by atoms with Crippen molar-refractivity contribution in [3.05, 3.63) is 65.7 Å². The van der Waals surface area contributed by atoms with Crippen molar-refractivity contribution >= 4 is 17.6 Å². The Balaban J connectivity index is 1.61. The lowest BCUT2D eigenvalue weighted by Crippen LogP contribution is -2.65. The van der Waals surface area contributed by atoms with Gasteiger partial charge < -0.3 is 15.4 Å². The van der Waals surface area contributed by atoms with E-state index in [0.717, 1.165) is 49.2 Å². The van der Waals surface area contributed by atoms with Gasteiger partial charge in [-0.2, -0.15) is 0 Å². The van der Waals surface area contributed by atoms with Gasteiger partial charge in [-0.25, -0.2) is 9.80 Å². The molecule has 2 unspecified atom stereocenters. The second-order valence-electron chi connectivity index (χ2n) is 8.57. The number of amides is 1. The number of hydrogen-bond acceptors (Lipinski definition) is 6. The Hall–Kier alpha value is -2.90. The van der Waals surface area contributed by atoms with Gasteiger partial charge in [-0.3, -0.25) is 10.2 Å². The molecule has 1 saturated heterocycles. The molecule has 2 atom stereocenters. The van der Waals surface area contributed by atoms with Crippen LogP contribution in [0.25, 0.3) is 0 Å². The molecule has 0 radical (unpaired) electrons. The Kier molecular flexibility index (Phi) is 7.39. The zero-order chi connectivity index (χ0) is 22.3. The number of benzene rings is 2. The molecule has 1 aliphatic carbocycles. The van der Waals surface area contributed by atoms with E-state index in [-0.39, 0.29) is 24.5 Å². The molecule has 0 aromatic heterocycles. The molecule has 0 spiro atoms. The van der Waals surface area contributed by atoms with E-state index in [2.05, 4.69) is 16.1 Å². The average molecular weight is 437 g/mol. The molecule has 7 heteroatoms. The largest absolute Gasteiger partial charge is 0.459 e. The summed E-state index contributed by atoms with van der Waals surface area (Å²) in [4.78, 5) is 27.0. The van der Waals surface area contributed by atoms with E-state index in [1.807, 2.05) is 61.5 Å². The molecule has 2 aromatic rings. The summed E-state index contributed by atoms with van der Waals surface area (Å²) in [5, 5.41) is 8.28. The molecule has 0 bridgehead atoms. The van der Waals surface area contributed by atoms with Crippen LogP contribution in [0.4, 0.5) is 5.69 Å². The number of aryl methyl sites for hydroxylation is 1. The first-order valence-electron chi connectivity index (χ1n) is 11.4. The SMILES string of the molecule is Cc1ccccc1NN(C(=O)C1CCC1)C(C(=O)OCc1ccccc1)C1CNCCN1. The van der Waals surface area contributed by atoms with E-state index in [1.165, 1.54) is 5.01 Å². The minimum absolute atomic E-state index is 0.0477. The topological polar surface area (TPSA) is 82.7 Å². The number of ether oxygens (including phenoxy) is 1. The monoisotopic (exact) mass is 436 g/mol.